The lowest BCUT2D eigenvalue weighted by Gasteiger charge is -2.22. The number of halogens is 2. The zero-order valence-electron chi connectivity index (χ0n) is 13.2. The summed E-state index contributed by atoms with van der Waals surface area (Å²) in [5.41, 5.74) is 0.359. The zero-order valence-corrected chi connectivity index (χ0v) is 13.2. The van der Waals surface area contributed by atoms with Gasteiger partial charge in [0.1, 0.15) is 11.6 Å². The molecule has 0 saturated heterocycles. The number of aliphatic hydroxyl groups is 1. The lowest BCUT2D eigenvalue weighted by Crippen LogP contribution is -2.45. The van der Waals surface area contributed by atoms with E-state index >= 15 is 0 Å². The molecule has 0 saturated carbocycles. The van der Waals surface area contributed by atoms with Crippen LogP contribution in [0.4, 0.5) is 13.6 Å². The monoisotopic (exact) mass is 314 g/mol. The third kappa shape index (κ3) is 5.60. The molecule has 2 unspecified atom stereocenters. The van der Waals surface area contributed by atoms with Gasteiger partial charge in [0, 0.05) is 31.2 Å². The van der Waals surface area contributed by atoms with Crippen LogP contribution in [0.2, 0.25) is 0 Å². The SMILES string of the molecule is CC(CNC(=O)NC(CCO)C(C)C)c1ccc(F)cc1F. The van der Waals surface area contributed by atoms with Gasteiger partial charge in [0.15, 0.2) is 0 Å². The van der Waals surface area contributed by atoms with Crippen LogP contribution < -0.4 is 10.6 Å². The van der Waals surface area contributed by atoms with Crippen LogP contribution >= 0.6 is 0 Å². The average Bonchev–Trinajstić information content (AvgIpc) is 2.44. The van der Waals surface area contributed by atoms with Crippen molar-refractivity contribution in [2.45, 2.75) is 39.2 Å². The third-order valence-corrected chi connectivity index (χ3v) is 3.62. The molecule has 0 heterocycles. The Hall–Kier alpha value is -1.69. The number of carbonyl (C=O) groups is 1. The Morgan fingerprint density at radius 3 is 2.50 bits per heavy atom. The van der Waals surface area contributed by atoms with Crippen LogP contribution in [0.5, 0.6) is 0 Å². The molecule has 2 atom stereocenters. The van der Waals surface area contributed by atoms with Gasteiger partial charge in [-0.05, 0) is 24.0 Å². The highest BCUT2D eigenvalue weighted by molar-refractivity contribution is 5.74. The summed E-state index contributed by atoms with van der Waals surface area (Å²) >= 11 is 0. The van der Waals surface area contributed by atoms with Crippen molar-refractivity contribution < 1.29 is 18.7 Å². The smallest absolute Gasteiger partial charge is 0.315 e. The van der Waals surface area contributed by atoms with Gasteiger partial charge in [-0.3, -0.25) is 0 Å². The number of aliphatic hydroxyl groups excluding tert-OH is 1. The first-order valence-electron chi connectivity index (χ1n) is 7.45. The summed E-state index contributed by atoms with van der Waals surface area (Å²) in [6.45, 7) is 5.90. The fraction of sp³-hybridized carbons (Fsp3) is 0.562. The Kier molecular flexibility index (Phi) is 7.24. The number of urea groups is 1. The van der Waals surface area contributed by atoms with Crippen LogP contribution in [0.1, 0.15) is 38.7 Å². The van der Waals surface area contributed by atoms with Gasteiger partial charge in [-0.1, -0.05) is 26.8 Å². The van der Waals surface area contributed by atoms with Crippen molar-refractivity contribution in [3.05, 3.63) is 35.4 Å². The Morgan fingerprint density at radius 2 is 1.95 bits per heavy atom. The molecule has 0 fully saturated rings. The molecule has 2 amide bonds. The molecule has 4 nitrogen and oxygen atoms in total. The van der Waals surface area contributed by atoms with Crippen molar-refractivity contribution in [3.8, 4) is 0 Å². The summed E-state index contributed by atoms with van der Waals surface area (Å²) in [4.78, 5) is 11.8. The van der Waals surface area contributed by atoms with Gasteiger partial charge in [0.2, 0.25) is 0 Å². The first-order chi connectivity index (χ1) is 10.3. The maximum atomic E-state index is 13.6. The van der Waals surface area contributed by atoms with E-state index in [-0.39, 0.29) is 37.1 Å². The largest absolute Gasteiger partial charge is 0.396 e. The average molecular weight is 314 g/mol. The fourth-order valence-corrected chi connectivity index (χ4v) is 2.19. The van der Waals surface area contributed by atoms with E-state index in [9.17, 15) is 13.6 Å². The van der Waals surface area contributed by atoms with Crippen LogP contribution in [0.25, 0.3) is 0 Å². The van der Waals surface area contributed by atoms with E-state index in [1.54, 1.807) is 6.92 Å². The normalized spacial score (nSPS) is 13.8. The molecule has 0 radical (unpaired) electrons. The molecule has 0 aliphatic carbocycles. The Bertz CT molecular complexity index is 495. The van der Waals surface area contributed by atoms with Crippen molar-refractivity contribution in [2.75, 3.05) is 13.2 Å². The van der Waals surface area contributed by atoms with E-state index in [4.69, 9.17) is 5.11 Å². The summed E-state index contributed by atoms with van der Waals surface area (Å²) in [5.74, 6) is -1.32. The molecule has 0 bridgehead atoms. The van der Waals surface area contributed by atoms with Crippen molar-refractivity contribution in [2.24, 2.45) is 5.92 Å². The van der Waals surface area contributed by atoms with E-state index in [0.29, 0.717) is 12.0 Å². The highest BCUT2D eigenvalue weighted by Crippen LogP contribution is 2.19. The maximum absolute atomic E-state index is 13.6. The van der Waals surface area contributed by atoms with E-state index in [2.05, 4.69) is 10.6 Å². The summed E-state index contributed by atoms with van der Waals surface area (Å²) in [6.07, 6.45) is 0.479. The molecule has 1 aromatic carbocycles. The van der Waals surface area contributed by atoms with Gasteiger partial charge >= 0.3 is 6.03 Å². The highest BCUT2D eigenvalue weighted by Gasteiger charge is 2.17. The first kappa shape index (κ1) is 18.4. The van der Waals surface area contributed by atoms with E-state index in [1.165, 1.54) is 12.1 Å². The molecule has 3 N–H and O–H groups in total. The summed E-state index contributed by atoms with van der Waals surface area (Å²) in [5, 5.41) is 14.4. The minimum Gasteiger partial charge on any atom is -0.396 e. The molecule has 0 aliphatic heterocycles. The molecular weight excluding hydrogens is 290 g/mol. The highest BCUT2D eigenvalue weighted by atomic mass is 19.1. The first-order valence-corrected chi connectivity index (χ1v) is 7.45. The summed E-state index contributed by atoms with van der Waals surface area (Å²) in [6, 6.07) is 2.94. The molecule has 6 heteroatoms. The van der Waals surface area contributed by atoms with Gasteiger partial charge in [0.25, 0.3) is 0 Å². The van der Waals surface area contributed by atoms with Gasteiger partial charge < -0.3 is 15.7 Å². The van der Waals surface area contributed by atoms with Crippen molar-refractivity contribution in [1.82, 2.24) is 10.6 Å². The fourth-order valence-electron chi connectivity index (χ4n) is 2.19. The van der Waals surface area contributed by atoms with Crippen LogP contribution in [0.3, 0.4) is 0 Å². The molecule has 0 aliphatic rings. The van der Waals surface area contributed by atoms with Gasteiger partial charge in [-0.15, -0.1) is 0 Å². The number of hydrogen-bond acceptors (Lipinski definition) is 2. The molecule has 0 spiro atoms. The maximum Gasteiger partial charge on any atom is 0.315 e. The zero-order chi connectivity index (χ0) is 16.7. The number of hydrogen-bond donors (Lipinski definition) is 3. The second-order valence-corrected chi connectivity index (χ2v) is 5.78. The van der Waals surface area contributed by atoms with E-state index < -0.39 is 11.6 Å². The molecule has 124 valence electrons. The lowest BCUT2D eigenvalue weighted by molar-refractivity contribution is 0.218. The second-order valence-electron chi connectivity index (χ2n) is 5.78. The quantitative estimate of drug-likeness (QED) is 0.725. The molecule has 1 aromatic rings. The van der Waals surface area contributed by atoms with E-state index in [1.807, 2.05) is 13.8 Å². The van der Waals surface area contributed by atoms with Gasteiger partial charge in [-0.25, -0.2) is 13.6 Å². The van der Waals surface area contributed by atoms with Crippen molar-refractivity contribution in [3.63, 3.8) is 0 Å². The van der Waals surface area contributed by atoms with E-state index in [0.717, 1.165) is 6.07 Å². The minimum atomic E-state index is -0.622. The number of rotatable bonds is 7. The predicted octanol–water partition coefficient (Wildman–Crippen LogP) is 2.77. The Morgan fingerprint density at radius 1 is 1.27 bits per heavy atom. The van der Waals surface area contributed by atoms with Crippen LogP contribution in [-0.2, 0) is 0 Å². The molecular formula is C16H24F2N2O2. The second kappa shape index (κ2) is 8.68. The third-order valence-electron chi connectivity index (χ3n) is 3.62. The topological polar surface area (TPSA) is 61.4 Å². The van der Waals surface area contributed by atoms with Crippen molar-refractivity contribution in [1.29, 1.82) is 0 Å². The standard InChI is InChI=1S/C16H24F2N2O2/c1-10(2)15(6-7-21)20-16(22)19-9-11(3)13-5-4-12(17)8-14(13)18/h4-5,8,10-11,15,21H,6-7,9H2,1-3H3,(H2,19,20,22). The molecule has 1 rings (SSSR count). The van der Waals surface area contributed by atoms with Crippen LogP contribution in [0, 0.1) is 17.6 Å². The van der Waals surface area contributed by atoms with Gasteiger partial charge in [0.05, 0.1) is 0 Å². The Labute approximate surface area is 129 Å². The summed E-state index contributed by atoms with van der Waals surface area (Å²) in [7, 11) is 0. The van der Waals surface area contributed by atoms with Crippen LogP contribution in [-0.4, -0.2) is 30.3 Å². The van der Waals surface area contributed by atoms with Crippen molar-refractivity contribution >= 4 is 6.03 Å². The Balaban J connectivity index is 2.52. The summed E-state index contributed by atoms with van der Waals surface area (Å²) < 4.78 is 26.5. The number of carbonyl (C=O) groups excluding carboxylic acids is 1. The van der Waals surface area contributed by atoms with Gasteiger partial charge in [-0.2, -0.15) is 0 Å². The molecule has 22 heavy (non-hydrogen) atoms. The number of nitrogens with one attached hydrogen (secondary N) is 2. The number of benzene rings is 1. The predicted molar refractivity (Wildman–Crippen MR) is 81.6 cm³/mol. The molecule has 0 aromatic heterocycles. The lowest BCUT2D eigenvalue weighted by atomic mass is 10.0. The minimum absolute atomic E-state index is 0.000318. The van der Waals surface area contributed by atoms with Crippen LogP contribution in [0.15, 0.2) is 18.2 Å². The number of amides is 2.